The summed E-state index contributed by atoms with van der Waals surface area (Å²) in [5.74, 6) is -0.636. The molecule has 0 spiro atoms. The molecule has 1 aromatic rings. The molecule has 1 aliphatic heterocycles. The molecule has 2 amide bonds. The van der Waals surface area contributed by atoms with Crippen LogP contribution in [0.4, 0.5) is 0 Å². The van der Waals surface area contributed by atoms with Gasteiger partial charge in [-0.25, -0.2) is 0 Å². The Labute approximate surface area is 132 Å². The molecular weight excluding hydrogens is 336 g/mol. The normalized spacial score (nSPS) is 21.4. The van der Waals surface area contributed by atoms with E-state index in [1.165, 1.54) is 0 Å². The predicted molar refractivity (Wildman–Crippen MR) is 82.6 cm³/mol. The Morgan fingerprint density at radius 1 is 1.33 bits per heavy atom. The third-order valence-corrected chi connectivity index (χ3v) is 4.41. The molecule has 1 aromatic carbocycles. The molecule has 2 N–H and O–H groups in total. The smallest absolute Gasteiger partial charge is 0.227 e. The number of hydrogen-bond donors (Lipinski definition) is 2. The van der Waals surface area contributed by atoms with Crippen molar-refractivity contribution in [2.45, 2.75) is 6.42 Å². The van der Waals surface area contributed by atoms with Gasteiger partial charge in [0.1, 0.15) is 0 Å². The summed E-state index contributed by atoms with van der Waals surface area (Å²) in [7, 11) is 1.57. The second-order valence-corrected chi connectivity index (χ2v) is 6.18. The standard InChI is InChI=1S/C15H19BrN2O3/c1-17-15(21)13-8-18(7-11(13)9-19)14(20)6-10-2-4-12(16)5-3-10/h2-5,11,13,19H,6-9H2,1H3,(H,17,21). The predicted octanol–water partition coefficient (Wildman–Crippen LogP) is 0.804. The van der Waals surface area contributed by atoms with Crippen LogP contribution in [0, 0.1) is 11.8 Å². The molecule has 1 aliphatic rings. The van der Waals surface area contributed by atoms with E-state index in [9.17, 15) is 14.7 Å². The van der Waals surface area contributed by atoms with E-state index in [1.807, 2.05) is 24.3 Å². The third-order valence-electron chi connectivity index (χ3n) is 3.88. The number of rotatable bonds is 4. The molecule has 6 heteroatoms. The van der Waals surface area contributed by atoms with E-state index in [4.69, 9.17) is 0 Å². The van der Waals surface area contributed by atoms with Crippen LogP contribution in [0.1, 0.15) is 5.56 Å². The zero-order valence-electron chi connectivity index (χ0n) is 11.9. The van der Waals surface area contributed by atoms with Gasteiger partial charge in [-0.3, -0.25) is 9.59 Å². The summed E-state index contributed by atoms with van der Waals surface area (Å²) in [5.41, 5.74) is 0.937. The van der Waals surface area contributed by atoms with Crippen LogP contribution >= 0.6 is 15.9 Å². The zero-order valence-corrected chi connectivity index (χ0v) is 13.5. The minimum absolute atomic E-state index is 0.0119. The maximum absolute atomic E-state index is 12.3. The van der Waals surface area contributed by atoms with E-state index in [2.05, 4.69) is 21.2 Å². The van der Waals surface area contributed by atoms with Crippen LogP contribution in [-0.4, -0.2) is 48.6 Å². The van der Waals surface area contributed by atoms with Crippen molar-refractivity contribution in [1.82, 2.24) is 10.2 Å². The number of likely N-dealkylation sites (tertiary alicyclic amines) is 1. The molecule has 0 aromatic heterocycles. The highest BCUT2D eigenvalue weighted by Crippen LogP contribution is 2.24. The van der Waals surface area contributed by atoms with Gasteiger partial charge in [0.05, 0.1) is 12.3 Å². The zero-order chi connectivity index (χ0) is 15.4. The molecule has 2 rings (SSSR count). The van der Waals surface area contributed by atoms with Gasteiger partial charge in [-0.1, -0.05) is 28.1 Å². The van der Waals surface area contributed by atoms with Crippen LogP contribution in [0.25, 0.3) is 0 Å². The van der Waals surface area contributed by atoms with Gasteiger partial charge >= 0.3 is 0 Å². The first kappa shape index (κ1) is 16.0. The summed E-state index contributed by atoms with van der Waals surface area (Å²) >= 11 is 3.36. The summed E-state index contributed by atoms with van der Waals surface area (Å²) in [4.78, 5) is 25.8. The van der Waals surface area contributed by atoms with E-state index in [0.717, 1.165) is 10.0 Å². The molecular formula is C15H19BrN2O3. The highest BCUT2D eigenvalue weighted by Gasteiger charge is 2.38. The lowest BCUT2D eigenvalue weighted by Crippen LogP contribution is -2.34. The summed E-state index contributed by atoms with van der Waals surface area (Å²) in [5, 5.41) is 12.0. The molecule has 0 radical (unpaired) electrons. The molecule has 0 aliphatic carbocycles. The SMILES string of the molecule is CNC(=O)C1CN(C(=O)Cc2ccc(Br)cc2)CC1CO. The number of halogens is 1. The number of aliphatic hydroxyl groups is 1. The van der Waals surface area contributed by atoms with Crippen LogP contribution in [0.15, 0.2) is 28.7 Å². The van der Waals surface area contributed by atoms with E-state index < -0.39 is 0 Å². The van der Waals surface area contributed by atoms with Crippen molar-refractivity contribution in [2.24, 2.45) is 11.8 Å². The van der Waals surface area contributed by atoms with Gasteiger partial charge in [-0.2, -0.15) is 0 Å². The number of amides is 2. The topological polar surface area (TPSA) is 69.6 Å². The number of nitrogens with one attached hydrogen (secondary N) is 1. The third kappa shape index (κ3) is 3.83. The molecule has 0 saturated carbocycles. The second kappa shape index (κ2) is 7.04. The fourth-order valence-electron chi connectivity index (χ4n) is 2.63. The van der Waals surface area contributed by atoms with Crippen molar-refractivity contribution >= 4 is 27.7 Å². The van der Waals surface area contributed by atoms with E-state index in [1.54, 1.807) is 11.9 Å². The van der Waals surface area contributed by atoms with Gasteiger partial charge in [-0.15, -0.1) is 0 Å². The lowest BCUT2D eigenvalue weighted by molar-refractivity contribution is -0.130. The fourth-order valence-corrected chi connectivity index (χ4v) is 2.90. The minimum atomic E-state index is -0.325. The van der Waals surface area contributed by atoms with Crippen molar-refractivity contribution in [3.05, 3.63) is 34.3 Å². The summed E-state index contributed by atoms with van der Waals surface area (Å²) < 4.78 is 0.972. The minimum Gasteiger partial charge on any atom is -0.396 e. The van der Waals surface area contributed by atoms with Gasteiger partial charge in [-0.05, 0) is 17.7 Å². The Hall–Kier alpha value is -1.40. The van der Waals surface area contributed by atoms with Gasteiger partial charge in [0, 0.05) is 37.1 Å². The van der Waals surface area contributed by atoms with E-state index >= 15 is 0 Å². The van der Waals surface area contributed by atoms with Crippen molar-refractivity contribution in [1.29, 1.82) is 0 Å². The van der Waals surface area contributed by atoms with Gasteiger partial charge in [0.2, 0.25) is 11.8 Å². The molecule has 21 heavy (non-hydrogen) atoms. The lowest BCUT2D eigenvalue weighted by Gasteiger charge is -2.16. The number of hydrogen-bond acceptors (Lipinski definition) is 3. The molecule has 1 saturated heterocycles. The number of aliphatic hydroxyl groups excluding tert-OH is 1. The van der Waals surface area contributed by atoms with Crippen LogP contribution < -0.4 is 5.32 Å². The molecule has 2 unspecified atom stereocenters. The Balaban J connectivity index is 2.00. The highest BCUT2D eigenvalue weighted by molar-refractivity contribution is 9.10. The van der Waals surface area contributed by atoms with Crippen LogP contribution in [0.3, 0.4) is 0 Å². The van der Waals surface area contributed by atoms with Gasteiger partial charge in [0.25, 0.3) is 0 Å². The average molecular weight is 355 g/mol. The first-order valence-corrected chi connectivity index (χ1v) is 7.69. The summed E-state index contributed by atoms with van der Waals surface area (Å²) in [6.45, 7) is 0.727. The quantitative estimate of drug-likeness (QED) is 0.840. The van der Waals surface area contributed by atoms with Gasteiger partial charge in [0.15, 0.2) is 0 Å². The van der Waals surface area contributed by atoms with E-state index in [-0.39, 0.29) is 30.3 Å². The molecule has 5 nitrogen and oxygen atoms in total. The second-order valence-electron chi connectivity index (χ2n) is 5.27. The summed E-state index contributed by atoms with van der Waals surface area (Å²) in [6, 6.07) is 7.60. The fraction of sp³-hybridized carbons (Fsp3) is 0.467. The van der Waals surface area contributed by atoms with Crippen LogP contribution in [0.5, 0.6) is 0 Å². The van der Waals surface area contributed by atoms with Gasteiger partial charge < -0.3 is 15.3 Å². The first-order valence-electron chi connectivity index (χ1n) is 6.89. The Morgan fingerprint density at radius 2 is 2.00 bits per heavy atom. The lowest BCUT2D eigenvalue weighted by atomic mass is 9.96. The van der Waals surface area contributed by atoms with Crippen molar-refractivity contribution in [3.8, 4) is 0 Å². The molecule has 1 heterocycles. The van der Waals surface area contributed by atoms with Crippen LogP contribution in [-0.2, 0) is 16.0 Å². The summed E-state index contributed by atoms with van der Waals surface area (Å²) in [6.07, 6.45) is 0.311. The van der Waals surface area contributed by atoms with E-state index in [0.29, 0.717) is 19.5 Å². The number of nitrogens with zero attached hydrogens (tertiary/aromatic N) is 1. The number of carbonyl (C=O) groups excluding carboxylic acids is 2. The number of benzene rings is 1. The molecule has 0 bridgehead atoms. The maximum Gasteiger partial charge on any atom is 0.227 e. The van der Waals surface area contributed by atoms with Crippen molar-refractivity contribution < 1.29 is 14.7 Å². The first-order chi connectivity index (χ1) is 10.0. The van der Waals surface area contributed by atoms with Crippen molar-refractivity contribution in [2.75, 3.05) is 26.7 Å². The Kier molecular flexibility index (Phi) is 5.36. The van der Waals surface area contributed by atoms with Crippen molar-refractivity contribution in [3.63, 3.8) is 0 Å². The largest absolute Gasteiger partial charge is 0.396 e. The Bertz CT molecular complexity index is 518. The Morgan fingerprint density at radius 3 is 2.57 bits per heavy atom. The highest BCUT2D eigenvalue weighted by atomic mass is 79.9. The van der Waals surface area contributed by atoms with Crippen LogP contribution in [0.2, 0.25) is 0 Å². The number of carbonyl (C=O) groups is 2. The molecule has 114 valence electrons. The monoisotopic (exact) mass is 354 g/mol. The maximum atomic E-state index is 12.3. The molecule has 1 fully saturated rings. The molecule has 2 atom stereocenters. The average Bonchev–Trinajstić information content (AvgIpc) is 2.93.